The van der Waals surface area contributed by atoms with Gasteiger partial charge in [-0.15, -0.1) is 0 Å². The summed E-state index contributed by atoms with van der Waals surface area (Å²) in [5, 5.41) is 3.86. The highest BCUT2D eigenvalue weighted by molar-refractivity contribution is 6.33. The Morgan fingerprint density at radius 1 is 1.42 bits per heavy atom. The van der Waals surface area contributed by atoms with Gasteiger partial charge >= 0.3 is 0 Å². The second-order valence-corrected chi connectivity index (χ2v) is 4.83. The molecule has 0 saturated heterocycles. The molecule has 0 saturated carbocycles. The molecule has 1 heterocycles. The van der Waals surface area contributed by atoms with Crippen molar-refractivity contribution in [2.75, 3.05) is 5.32 Å². The molecule has 1 aromatic heterocycles. The standard InChI is InChI=1S/C15H20ClN3/c1-6-13(8-7-10(2)3)11(4)19-15-14(16)12(5)17-9-18-15/h6-9,11H,2H2,1,3-5H3,(H,17,18,19)/b8-7-,13-6+. The van der Waals surface area contributed by atoms with Gasteiger partial charge in [-0.05, 0) is 33.3 Å². The van der Waals surface area contributed by atoms with Crippen LogP contribution in [0, 0.1) is 6.92 Å². The van der Waals surface area contributed by atoms with Crippen LogP contribution in [-0.4, -0.2) is 16.0 Å². The number of hydrogen-bond donors (Lipinski definition) is 1. The summed E-state index contributed by atoms with van der Waals surface area (Å²) in [6.07, 6.45) is 7.59. The molecule has 0 aliphatic carbocycles. The van der Waals surface area contributed by atoms with Crippen molar-refractivity contribution in [2.45, 2.75) is 33.7 Å². The minimum Gasteiger partial charge on any atom is -0.362 e. The lowest BCUT2D eigenvalue weighted by Crippen LogP contribution is -2.18. The molecule has 1 rings (SSSR count). The number of nitrogens with one attached hydrogen (secondary N) is 1. The predicted molar refractivity (Wildman–Crippen MR) is 82.6 cm³/mol. The van der Waals surface area contributed by atoms with Crippen molar-refractivity contribution in [1.29, 1.82) is 0 Å². The molecule has 3 nitrogen and oxygen atoms in total. The summed E-state index contributed by atoms with van der Waals surface area (Å²) in [4.78, 5) is 8.22. The Morgan fingerprint density at radius 3 is 2.68 bits per heavy atom. The van der Waals surface area contributed by atoms with E-state index < -0.39 is 0 Å². The van der Waals surface area contributed by atoms with Crippen molar-refractivity contribution < 1.29 is 0 Å². The van der Waals surface area contributed by atoms with Gasteiger partial charge in [-0.2, -0.15) is 0 Å². The van der Waals surface area contributed by atoms with E-state index in [0.29, 0.717) is 10.8 Å². The third-order valence-electron chi connectivity index (χ3n) is 2.71. The molecule has 0 bridgehead atoms. The Balaban J connectivity index is 2.86. The van der Waals surface area contributed by atoms with E-state index in [1.807, 2.05) is 32.9 Å². The summed E-state index contributed by atoms with van der Waals surface area (Å²) in [6, 6.07) is 0.104. The van der Waals surface area contributed by atoms with Crippen LogP contribution in [0.15, 0.2) is 42.3 Å². The van der Waals surface area contributed by atoms with E-state index >= 15 is 0 Å². The molecule has 0 fully saturated rings. The Hall–Kier alpha value is -1.61. The van der Waals surface area contributed by atoms with E-state index in [0.717, 1.165) is 16.8 Å². The first-order valence-electron chi connectivity index (χ1n) is 6.19. The van der Waals surface area contributed by atoms with Gasteiger partial charge < -0.3 is 5.32 Å². The second kappa shape index (κ2) is 7.10. The summed E-state index contributed by atoms with van der Waals surface area (Å²) in [6.45, 7) is 11.7. The van der Waals surface area contributed by atoms with Gasteiger partial charge in [0.15, 0.2) is 0 Å². The van der Waals surface area contributed by atoms with Crippen molar-refractivity contribution in [3.8, 4) is 0 Å². The van der Waals surface area contributed by atoms with Crippen LogP contribution in [0.1, 0.15) is 26.5 Å². The molecule has 1 N–H and O–H groups in total. The lowest BCUT2D eigenvalue weighted by molar-refractivity contribution is 0.927. The first kappa shape index (κ1) is 15.4. The Bertz CT molecular complexity index is 518. The molecule has 19 heavy (non-hydrogen) atoms. The highest BCUT2D eigenvalue weighted by atomic mass is 35.5. The molecule has 0 aromatic carbocycles. The fourth-order valence-corrected chi connectivity index (χ4v) is 1.73. The maximum Gasteiger partial charge on any atom is 0.148 e. The average Bonchev–Trinajstić information content (AvgIpc) is 2.35. The minimum absolute atomic E-state index is 0.104. The van der Waals surface area contributed by atoms with Gasteiger partial charge in [0.05, 0.1) is 5.69 Å². The molecular formula is C15H20ClN3. The van der Waals surface area contributed by atoms with Gasteiger partial charge in [-0.1, -0.05) is 42.0 Å². The quantitative estimate of drug-likeness (QED) is 0.815. The molecule has 0 spiro atoms. The fourth-order valence-electron chi connectivity index (χ4n) is 1.58. The molecular weight excluding hydrogens is 258 g/mol. The van der Waals surface area contributed by atoms with Gasteiger partial charge in [0.1, 0.15) is 17.2 Å². The third-order valence-corrected chi connectivity index (χ3v) is 3.16. The van der Waals surface area contributed by atoms with Gasteiger partial charge in [0, 0.05) is 6.04 Å². The number of nitrogens with zero attached hydrogens (tertiary/aromatic N) is 2. The van der Waals surface area contributed by atoms with E-state index in [4.69, 9.17) is 11.6 Å². The second-order valence-electron chi connectivity index (χ2n) is 4.46. The normalized spacial score (nSPS) is 13.6. The van der Waals surface area contributed by atoms with Crippen molar-refractivity contribution in [3.63, 3.8) is 0 Å². The fraction of sp³-hybridized carbons (Fsp3) is 0.333. The molecule has 1 aromatic rings. The molecule has 4 heteroatoms. The van der Waals surface area contributed by atoms with Crippen LogP contribution >= 0.6 is 11.6 Å². The zero-order valence-electron chi connectivity index (χ0n) is 11.9. The summed E-state index contributed by atoms with van der Waals surface area (Å²) in [5.41, 5.74) is 2.93. The van der Waals surface area contributed by atoms with E-state index in [9.17, 15) is 0 Å². The van der Waals surface area contributed by atoms with Crippen LogP contribution in [0.4, 0.5) is 5.82 Å². The van der Waals surface area contributed by atoms with Gasteiger partial charge in [0.2, 0.25) is 0 Å². The summed E-state index contributed by atoms with van der Waals surface area (Å²) in [5.74, 6) is 0.657. The maximum absolute atomic E-state index is 6.17. The number of anilines is 1. The predicted octanol–water partition coefficient (Wildman–Crippen LogP) is 4.32. The van der Waals surface area contributed by atoms with Crippen LogP contribution in [-0.2, 0) is 0 Å². The lowest BCUT2D eigenvalue weighted by atomic mass is 10.1. The molecule has 102 valence electrons. The first-order valence-corrected chi connectivity index (χ1v) is 6.57. The molecule has 0 aliphatic rings. The van der Waals surface area contributed by atoms with E-state index in [-0.39, 0.29) is 6.04 Å². The topological polar surface area (TPSA) is 37.8 Å². The number of aryl methyl sites for hydroxylation is 1. The smallest absolute Gasteiger partial charge is 0.148 e. The van der Waals surface area contributed by atoms with Crippen molar-refractivity contribution in [3.05, 3.63) is 53.0 Å². The highest BCUT2D eigenvalue weighted by Crippen LogP contribution is 2.22. The van der Waals surface area contributed by atoms with Gasteiger partial charge in [-0.3, -0.25) is 0 Å². The highest BCUT2D eigenvalue weighted by Gasteiger charge is 2.10. The lowest BCUT2D eigenvalue weighted by Gasteiger charge is -2.17. The van der Waals surface area contributed by atoms with Crippen molar-refractivity contribution in [2.24, 2.45) is 0 Å². The first-order chi connectivity index (χ1) is 8.95. The Labute approximate surface area is 120 Å². The molecule has 0 radical (unpaired) electrons. The number of hydrogen-bond acceptors (Lipinski definition) is 3. The number of allylic oxidation sites excluding steroid dienone is 3. The molecule has 0 aliphatic heterocycles. The molecule has 0 amide bonds. The largest absolute Gasteiger partial charge is 0.362 e. The van der Waals surface area contributed by atoms with Crippen molar-refractivity contribution >= 4 is 17.4 Å². The Morgan fingerprint density at radius 2 is 2.11 bits per heavy atom. The van der Waals surface area contributed by atoms with Crippen LogP contribution in [0.25, 0.3) is 0 Å². The van der Waals surface area contributed by atoms with E-state index in [2.05, 4.69) is 34.9 Å². The SMILES string of the molecule is C=C(C)/C=C\C(=C/C)C(C)Nc1ncnc(C)c1Cl. The van der Waals surface area contributed by atoms with Crippen LogP contribution in [0.2, 0.25) is 5.02 Å². The average molecular weight is 278 g/mol. The van der Waals surface area contributed by atoms with Crippen LogP contribution in [0.5, 0.6) is 0 Å². The minimum atomic E-state index is 0.104. The number of aromatic nitrogens is 2. The third kappa shape index (κ3) is 4.52. The maximum atomic E-state index is 6.17. The molecule has 1 unspecified atom stereocenters. The van der Waals surface area contributed by atoms with Gasteiger partial charge in [0.25, 0.3) is 0 Å². The van der Waals surface area contributed by atoms with E-state index in [1.165, 1.54) is 6.33 Å². The summed E-state index contributed by atoms with van der Waals surface area (Å²) >= 11 is 6.17. The van der Waals surface area contributed by atoms with Crippen LogP contribution < -0.4 is 5.32 Å². The monoisotopic (exact) mass is 277 g/mol. The number of halogens is 1. The van der Waals surface area contributed by atoms with Gasteiger partial charge in [-0.25, -0.2) is 9.97 Å². The van der Waals surface area contributed by atoms with E-state index in [1.54, 1.807) is 0 Å². The summed E-state index contributed by atoms with van der Waals surface area (Å²) < 4.78 is 0. The molecule has 1 atom stereocenters. The van der Waals surface area contributed by atoms with Crippen molar-refractivity contribution in [1.82, 2.24) is 9.97 Å². The zero-order chi connectivity index (χ0) is 14.4. The zero-order valence-corrected chi connectivity index (χ0v) is 12.6. The Kier molecular flexibility index (Phi) is 5.77. The summed E-state index contributed by atoms with van der Waals surface area (Å²) in [7, 11) is 0. The number of rotatable bonds is 5. The van der Waals surface area contributed by atoms with Crippen LogP contribution in [0.3, 0.4) is 0 Å².